The molecule has 31 heavy (non-hydrogen) atoms. The molecule has 2 atom stereocenters. The third-order valence-electron chi connectivity index (χ3n) is 5.83. The summed E-state index contributed by atoms with van der Waals surface area (Å²) in [5.41, 5.74) is 1.16. The van der Waals surface area contributed by atoms with Crippen molar-refractivity contribution in [3.8, 4) is 5.69 Å². The van der Waals surface area contributed by atoms with Crippen LogP contribution in [0.5, 0.6) is 0 Å². The number of rotatable bonds is 6. The molecule has 1 saturated heterocycles. The molecule has 1 fully saturated rings. The second-order valence-corrected chi connectivity index (χ2v) is 9.89. The molecule has 1 aliphatic rings. The van der Waals surface area contributed by atoms with Gasteiger partial charge in [0.05, 0.1) is 11.4 Å². The lowest BCUT2D eigenvalue weighted by molar-refractivity contribution is 0.308. The second kappa shape index (κ2) is 8.49. The van der Waals surface area contributed by atoms with E-state index in [0.717, 1.165) is 24.7 Å². The van der Waals surface area contributed by atoms with Crippen LogP contribution in [0.2, 0.25) is 0 Å². The fourth-order valence-electron chi connectivity index (χ4n) is 3.96. The monoisotopic (exact) mass is 443 g/mol. The van der Waals surface area contributed by atoms with Crippen LogP contribution in [0.15, 0.2) is 53.4 Å². The zero-order chi connectivity index (χ0) is 22.2. The van der Waals surface area contributed by atoms with Gasteiger partial charge in [-0.3, -0.25) is 4.90 Å². The Kier molecular flexibility index (Phi) is 5.92. The summed E-state index contributed by atoms with van der Waals surface area (Å²) in [6.45, 7) is 7.00. The summed E-state index contributed by atoms with van der Waals surface area (Å²) in [6.07, 6.45) is 0.469. The highest BCUT2D eigenvalue weighted by atomic mass is 32.2. The molecule has 2 N–H and O–H groups in total. The summed E-state index contributed by atoms with van der Waals surface area (Å²) >= 11 is 0. The molecule has 1 aliphatic heterocycles. The number of hydrogen-bond acceptors (Lipinski definition) is 5. The highest BCUT2D eigenvalue weighted by molar-refractivity contribution is 7.89. The summed E-state index contributed by atoms with van der Waals surface area (Å²) < 4.78 is 39.5. The van der Waals surface area contributed by atoms with Crippen molar-refractivity contribution in [3.63, 3.8) is 0 Å². The highest BCUT2D eigenvalue weighted by Gasteiger charge is 2.27. The minimum absolute atomic E-state index is 0.139. The summed E-state index contributed by atoms with van der Waals surface area (Å²) in [7, 11) is -4.00. The first kappa shape index (κ1) is 21.6. The van der Waals surface area contributed by atoms with Gasteiger partial charge in [0.15, 0.2) is 5.82 Å². The lowest BCUT2D eigenvalue weighted by Crippen LogP contribution is -2.21. The van der Waals surface area contributed by atoms with Crippen LogP contribution in [0.1, 0.15) is 31.1 Å². The van der Waals surface area contributed by atoms with Crippen LogP contribution in [-0.4, -0.2) is 41.2 Å². The lowest BCUT2D eigenvalue weighted by Gasteiger charge is -2.12. The van der Waals surface area contributed by atoms with Crippen molar-refractivity contribution in [2.24, 2.45) is 17.0 Å². The highest BCUT2D eigenvalue weighted by Crippen LogP contribution is 2.24. The van der Waals surface area contributed by atoms with Crippen molar-refractivity contribution >= 4 is 10.0 Å². The molecule has 0 spiro atoms. The molecule has 0 unspecified atom stereocenters. The number of nitrogens with two attached hydrogens (primary N) is 1. The van der Waals surface area contributed by atoms with Crippen LogP contribution in [0, 0.1) is 17.7 Å². The molecule has 2 aromatic carbocycles. The average molecular weight is 444 g/mol. The van der Waals surface area contributed by atoms with Crippen molar-refractivity contribution in [2.45, 2.75) is 31.7 Å². The van der Waals surface area contributed by atoms with Crippen LogP contribution in [0.25, 0.3) is 5.69 Å². The Morgan fingerprint density at radius 2 is 1.77 bits per heavy atom. The smallest absolute Gasteiger partial charge is 0.238 e. The zero-order valence-corrected chi connectivity index (χ0v) is 18.4. The van der Waals surface area contributed by atoms with Crippen molar-refractivity contribution in [1.82, 2.24) is 19.7 Å². The van der Waals surface area contributed by atoms with Crippen LogP contribution in [0.3, 0.4) is 0 Å². The van der Waals surface area contributed by atoms with E-state index >= 15 is 0 Å². The molecule has 9 heteroatoms. The third kappa shape index (κ3) is 4.84. The Morgan fingerprint density at radius 3 is 2.39 bits per heavy atom. The maximum Gasteiger partial charge on any atom is 0.238 e. The van der Waals surface area contributed by atoms with E-state index < -0.39 is 15.8 Å². The largest absolute Gasteiger partial charge is 0.295 e. The topological polar surface area (TPSA) is 94.1 Å². The molecule has 0 amide bonds. The van der Waals surface area contributed by atoms with E-state index in [4.69, 9.17) is 10.1 Å². The molecule has 1 aromatic heterocycles. The predicted octanol–water partition coefficient (Wildman–Crippen LogP) is 2.73. The van der Waals surface area contributed by atoms with E-state index in [1.807, 2.05) is 30.3 Å². The van der Waals surface area contributed by atoms with Crippen molar-refractivity contribution in [2.75, 3.05) is 13.1 Å². The first-order chi connectivity index (χ1) is 14.7. The van der Waals surface area contributed by atoms with Gasteiger partial charge in [0, 0.05) is 19.5 Å². The van der Waals surface area contributed by atoms with E-state index in [1.54, 1.807) is 0 Å². The maximum absolute atomic E-state index is 14.9. The van der Waals surface area contributed by atoms with Crippen LogP contribution in [-0.2, 0) is 23.0 Å². The van der Waals surface area contributed by atoms with E-state index in [1.165, 1.54) is 16.8 Å². The molecular weight excluding hydrogens is 417 g/mol. The number of halogens is 1. The summed E-state index contributed by atoms with van der Waals surface area (Å²) in [6, 6.07) is 13.3. The number of hydrogen-bond donors (Lipinski definition) is 1. The molecule has 0 bridgehead atoms. The molecule has 2 heterocycles. The Morgan fingerprint density at radius 1 is 1.10 bits per heavy atom. The Labute approximate surface area is 181 Å². The van der Waals surface area contributed by atoms with Gasteiger partial charge < -0.3 is 0 Å². The van der Waals surface area contributed by atoms with Gasteiger partial charge in [-0.05, 0) is 35.6 Å². The molecule has 0 saturated carbocycles. The van der Waals surface area contributed by atoms with Gasteiger partial charge in [-0.2, -0.15) is 0 Å². The number of primary sulfonamides is 1. The van der Waals surface area contributed by atoms with Gasteiger partial charge in [0.25, 0.3) is 0 Å². The van der Waals surface area contributed by atoms with Gasteiger partial charge in [-0.25, -0.2) is 27.6 Å². The molecular formula is C22H26FN5O2S. The van der Waals surface area contributed by atoms with Crippen molar-refractivity contribution in [1.29, 1.82) is 0 Å². The number of benzene rings is 2. The van der Waals surface area contributed by atoms with Gasteiger partial charge in [-0.15, -0.1) is 5.10 Å². The van der Waals surface area contributed by atoms with Crippen LogP contribution in [0.4, 0.5) is 4.39 Å². The van der Waals surface area contributed by atoms with Crippen molar-refractivity contribution in [3.05, 3.63) is 71.6 Å². The summed E-state index contributed by atoms with van der Waals surface area (Å²) in [5.74, 6) is 1.69. The number of likely N-dealkylation sites (tertiary alicyclic amines) is 1. The molecule has 7 nitrogen and oxygen atoms in total. The van der Waals surface area contributed by atoms with Crippen LogP contribution < -0.4 is 5.14 Å². The van der Waals surface area contributed by atoms with Gasteiger partial charge >= 0.3 is 0 Å². The SMILES string of the molecule is C[C@@H]1CN(Cc2nc(Cc3ccccc3)n(-c3ccc(S(N)(=O)=O)cc3F)n2)C[C@@H]1C. The zero-order valence-electron chi connectivity index (χ0n) is 17.6. The average Bonchev–Trinajstić information content (AvgIpc) is 3.24. The molecule has 0 radical (unpaired) electrons. The quantitative estimate of drug-likeness (QED) is 0.632. The van der Waals surface area contributed by atoms with E-state index in [2.05, 4.69) is 23.8 Å². The van der Waals surface area contributed by atoms with Gasteiger partial charge in [-0.1, -0.05) is 44.2 Å². The molecule has 164 valence electrons. The van der Waals surface area contributed by atoms with Crippen molar-refractivity contribution < 1.29 is 12.8 Å². The minimum atomic E-state index is -4.00. The normalized spacial score (nSPS) is 19.7. The number of aromatic nitrogens is 3. The molecule has 4 rings (SSSR count). The number of nitrogens with zero attached hydrogens (tertiary/aromatic N) is 4. The van der Waals surface area contributed by atoms with Gasteiger partial charge in [0.2, 0.25) is 10.0 Å². The lowest BCUT2D eigenvalue weighted by atomic mass is 10.0. The fraction of sp³-hybridized carbons (Fsp3) is 0.364. The number of sulfonamides is 1. The minimum Gasteiger partial charge on any atom is -0.295 e. The Hall–Kier alpha value is -2.62. The molecule has 3 aromatic rings. The van der Waals surface area contributed by atoms with Gasteiger partial charge in [0.1, 0.15) is 17.3 Å². The van der Waals surface area contributed by atoms with E-state index in [0.29, 0.717) is 36.5 Å². The second-order valence-electron chi connectivity index (χ2n) is 8.33. The Balaban J connectivity index is 1.70. The maximum atomic E-state index is 14.9. The third-order valence-corrected chi connectivity index (χ3v) is 6.74. The standard InChI is InChI=1S/C22H26FN5O2S/c1-15-12-27(13-16(15)2)14-21-25-22(10-17-6-4-3-5-7-17)28(26-21)20-9-8-18(11-19(20)23)31(24,29)30/h3-9,11,15-16H,10,12-14H2,1-2H3,(H2,24,29,30)/t15-,16+. The van der Waals surface area contributed by atoms with E-state index in [-0.39, 0.29) is 10.6 Å². The first-order valence-corrected chi connectivity index (χ1v) is 11.8. The van der Waals surface area contributed by atoms with E-state index in [9.17, 15) is 12.8 Å². The summed E-state index contributed by atoms with van der Waals surface area (Å²) in [5, 5.41) is 9.72. The Bertz CT molecular complexity index is 1170. The summed E-state index contributed by atoms with van der Waals surface area (Å²) in [4.78, 5) is 6.74. The van der Waals surface area contributed by atoms with Crippen LogP contribution >= 0.6 is 0 Å². The fourth-order valence-corrected chi connectivity index (χ4v) is 4.48. The molecule has 0 aliphatic carbocycles. The predicted molar refractivity (Wildman–Crippen MR) is 116 cm³/mol. The first-order valence-electron chi connectivity index (χ1n) is 10.2.